The minimum atomic E-state index is -3.96. The van der Waals surface area contributed by atoms with Crippen molar-refractivity contribution in [2.45, 2.75) is 31.3 Å². The number of amides is 2. The zero-order chi connectivity index (χ0) is 16.0. The number of hydrogen-bond donors (Lipinski definition) is 2. The molecule has 0 fully saturated rings. The summed E-state index contributed by atoms with van der Waals surface area (Å²) >= 11 is 0. The molecule has 0 aliphatic rings. The zero-order valence-electron chi connectivity index (χ0n) is 12.0. The number of benzene rings is 1. The first-order valence-electron chi connectivity index (χ1n) is 6.27. The molecule has 2 amide bonds. The lowest BCUT2D eigenvalue weighted by atomic mass is 10.3. The van der Waals surface area contributed by atoms with Gasteiger partial charge in [-0.3, -0.25) is 9.59 Å². The monoisotopic (exact) mass is 314 g/mol. The van der Waals surface area contributed by atoms with E-state index in [2.05, 4.69) is 5.32 Å². The molecule has 1 aromatic rings. The van der Waals surface area contributed by atoms with Gasteiger partial charge in [-0.1, -0.05) is 6.92 Å². The number of carbonyl (C=O) groups is 2. The molecule has 0 saturated heterocycles. The third kappa shape index (κ3) is 4.83. The molecule has 0 unspecified atom stereocenters. The molecule has 0 aromatic heterocycles. The van der Waals surface area contributed by atoms with Crippen LogP contribution < -0.4 is 10.0 Å². The number of hydrogen-bond acceptors (Lipinski definition) is 5. The van der Waals surface area contributed by atoms with Crippen molar-refractivity contribution in [2.75, 3.05) is 12.4 Å². The van der Waals surface area contributed by atoms with Crippen molar-refractivity contribution in [2.24, 2.45) is 0 Å². The average Bonchev–Trinajstić information content (AvgIpc) is 2.39. The van der Waals surface area contributed by atoms with Crippen LogP contribution in [0.25, 0.3) is 0 Å². The summed E-state index contributed by atoms with van der Waals surface area (Å²) in [7, 11) is -2.63. The summed E-state index contributed by atoms with van der Waals surface area (Å²) in [5.41, 5.74) is 0.469. The molecule has 0 bridgehead atoms. The summed E-state index contributed by atoms with van der Waals surface area (Å²) in [6.07, 6.45) is -0.460. The van der Waals surface area contributed by atoms with Crippen molar-refractivity contribution < 1.29 is 22.7 Å². The van der Waals surface area contributed by atoms with Gasteiger partial charge in [-0.15, -0.1) is 0 Å². The van der Waals surface area contributed by atoms with Crippen molar-refractivity contribution >= 4 is 27.5 Å². The van der Waals surface area contributed by atoms with Crippen LogP contribution in [-0.4, -0.2) is 33.4 Å². The summed E-state index contributed by atoms with van der Waals surface area (Å²) in [4.78, 5) is 22.5. The van der Waals surface area contributed by atoms with E-state index in [1.54, 1.807) is 6.92 Å². The maximum atomic E-state index is 12.0. The van der Waals surface area contributed by atoms with Crippen molar-refractivity contribution in [1.82, 2.24) is 4.72 Å². The third-order valence-electron chi connectivity index (χ3n) is 2.67. The van der Waals surface area contributed by atoms with Crippen molar-refractivity contribution in [3.8, 4) is 0 Å². The molecule has 1 rings (SSSR count). The lowest BCUT2D eigenvalue weighted by Gasteiger charge is -2.13. The minimum absolute atomic E-state index is 0.0732. The van der Waals surface area contributed by atoms with Crippen LogP contribution in [0, 0.1) is 0 Å². The summed E-state index contributed by atoms with van der Waals surface area (Å²) < 4.78 is 30.9. The van der Waals surface area contributed by atoms with Crippen LogP contribution in [0.2, 0.25) is 0 Å². The van der Waals surface area contributed by atoms with E-state index in [1.807, 2.05) is 4.72 Å². The molecule has 116 valence electrons. The Kier molecular flexibility index (Phi) is 5.86. The van der Waals surface area contributed by atoms with Gasteiger partial charge in [-0.05, 0) is 30.7 Å². The number of rotatable bonds is 6. The van der Waals surface area contributed by atoms with Gasteiger partial charge in [0.1, 0.15) is 6.10 Å². The van der Waals surface area contributed by atoms with Gasteiger partial charge in [-0.2, -0.15) is 0 Å². The second-order valence-electron chi connectivity index (χ2n) is 4.31. The van der Waals surface area contributed by atoms with Crippen LogP contribution in [0.4, 0.5) is 5.69 Å². The van der Waals surface area contributed by atoms with Crippen LogP contribution in [0.15, 0.2) is 29.2 Å². The summed E-state index contributed by atoms with van der Waals surface area (Å²) in [5, 5.41) is 2.52. The van der Waals surface area contributed by atoms with Crippen molar-refractivity contribution in [3.05, 3.63) is 24.3 Å². The Bertz CT molecular complexity index is 606. The van der Waals surface area contributed by atoms with Gasteiger partial charge in [-0.25, -0.2) is 13.1 Å². The lowest BCUT2D eigenvalue weighted by Crippen LogP contribution is -2.39. The predicted molar refractivity (Wildman–Crippen MR) is 77.2 cm³/mol. The minimum Gasteiger partial charge on any atom is -0.372 e. The Balaban J connectivity index is 2.88. The van der Waals surface area contributed by atoms with Crippen molar-refractivity contribution in [3.63, 3.8) is 0 Å². The standard InChI is InChI=1S/C13H18N2O5S/c1-4-12(20-3)13(17)15-21(18,19)11-7-5-10(6-8-11)14-9(2)16/h5-8,12H,4H2,1-3H3,(H,14,16)(H,15,17)/t12-/m0/s1. The first-order valence-corrected chi connectivity index (χ1v) is 7.75. The Morgan fingerprint density at radius 2 is 1.81 bits per heavy atom. The molecule has 0 aliphatic heterocycles. The molecule has 0 heterocycles. The highest BCUT2D eigenvalue weighted by Crippen LogP contribution is 2.14. The van der Waals surface area contributed by atoms with Gasteiger partial charge in [0.2, 0.25) is 5.91 Å². The van der Waals surface area contributed by atoms with E-state index in [9.17, 15) is 18.0 Å². The molecular formula is C13H18N2O5S. The molecule has 2 N–H and O–H groups in total. The molecule has 0 aliphatic carbocycles. The number of anilines is 1. The summed E-state index contributed by atoms with van der Waals surface area (Å²) in [5.74, 6) is -0.976. The molecule has 1 aromatic carbocycles. The first-order chi connectivity index (χ1) is 9.80. The highest BCUT2D eigenvalue weighted by molar-refractivity contribution is 7.90. The summed E-state index contributed by atoms with van der Waals surface area (Å²) in [6.45, 7) is 3.06. The topological polar surface area (TPSA) is 102 Å². The Morgan fingerprint density at radius 1 is 1.24 bits per heavy atom. The smallest absolute Gasteiger partial charge is 0.264 e. The molecular weight excluding hydrogens is 296 g/mol. The Morgan fingerprint density at radius 3 is 2.24 bits per heavy atom. The maximum Gasteiger partial charge on any atom is 0.264 e. The normalized spacial score (nSPS) is 12.5. The number of sulfonamides is 1. The van der Waals surface area contributed by atoms with Gasteiger partial charge < -0.3 is 10.1 Å². The second-order valence-corrected chi connectivity index (χ2v) is 5.99. The fourth-order valence-corrected chi connectivity index (χ4v) is 2.65. The van der Waals surface area contributed by atoms with E-state index in [0.29, 0.717) is 12.1 Å². The van der Waals surface area contributed by atoms with Crippen LogP contribution in [0.5, 0.6) is 0 Å². The van der Waals surface area contributed by atoms with Crippen molar-refractivity contribution in [1.29, 1.82) is 0 Å². The van der Waals surface area contributed by atoms with Gasteiger partial charge in [0.15, 0.2) is 0 Å². The molecule has 1 atom stereocenters. The molecule has 0 radical (unpaired) electrons. The van der Waals surface area contributed by atoms with Gasteiger partial charge >= 0.3 is 0 Å². The fourth-order valence-electron chi connectivity index (χ4n) is 1.64. The van der Waals surface area contributed by atoms with E-state index >= 15 is 0 Å². The lowest BCUT2D eigenvalue weighted by molar-refractivity contribution is -0.129. The van der Waals surface area contributed by atoms with Crippen LogP contribution in [-0.2, 0) is 24.3 Å². The number of carbonyl (C=O) groups excluding carboxylic acids is 2. The van der Waals surface area contributed by atoms with E-state index in [1.165, 1.54) is 38.3 Å². The first kappa shape index (κ1) is 17.1. The zero-order valence-corrected chi connectivity index (χ0v) is 12.9. The molecule has 0 saturated carbocycles. The highest BCUT2D eigenvalue weighted by atomic mass is 32.2. The van der Waals surface area contributed by atoms with E-state index in [4.69, 9.17) is 4.74 Å². The molecule has 7 nitrogen and oxygen atoms in total. The van der Waals surface area contributed by atoms with E-state index in [-0.39, 0.29) is 10.8 Å². The number of nitrogens with one attached hydrogen (secondary N) is 2. The number of methoxy groups -OCH3 is 1. The van der Waals surface area contributed by atoms with Crippen LogP contribution in [0.1, 0.15) is 20.3 Å². The highest BCUT2D eigenvalue weighted by Gasteiger charge is 2.23. The fraction of sp³-hybridized carbons (Fsp3) is 0.385. The largest absolute Gasteiger partial charge is 0.372 e. The molecule has 21 heavy (non-hydrogen) atoms. The molecule has 8 heteroatoms. The third-order valence-corrected chi connectivity index (χ3v) is 4.03. The number of ether oxygens (including phenoxy) is 1. The van der Waals surface area contributed by atoms with E-state index in [0.717, 1.165) is 0 Å². The van der Waals surface area contributed by atoms with Crippen LogP contribution in [0.3, 0.4) is 0 Å². The quantitative estimate of drug-likeness (QED) is 0.811. The summed E-state index contributed by atoms with van der Waals surface area (Å²) in [6, 6.07) is 5.48. The predicted octanol–water partition coefficient (Wildman–Crippen LogP) is 0.875. The maximum absolute atomic E-state index is 12.0. The Labute approximate surface area is 123 Å². The SMILES string of the molecule is CC[C@H](OC)C(=O)NS(=O)(=O)c1ccc(NC(C)=O)cc1. The van der Waals surface area contributed by atoms with Gasteiger partial charge in [0.25, 0.3) is 15.9 Å². The second kappa shape index (κ2) is 7.19. The van der Waals surface area contributed by atoms with Crippen LogP contribution >= 0.6 is 0 Å². The average molecular weight is 314 g/mol. The van der Waals surface area contributed by atoms with E-state index < -0.39 is 22.0 Å². The van der Waals surface area contributed by atoms with Gasteiger partial charge in [0, 0.05) is 19.7 Å². The Hall–Kier alpha value is -1.93. The molecule has 0 spiro atoms. The van der Waals surface area contributed by atoms with Gasteiger partial charge in [0.05, 0.1) is 4.90 Å².